The standard InChI is InChI=1S/C15H21F3N4O2/c1-14(2,3)24-13(23)22(10-4-6-19-7-5-10)12-8-11(15(16,17)18)20-9-21-12/h8-10,19H,4-7H2,1-3H3. The molecule has 1 aliphatic rings. The Morgan fingerprint density at radius 1 is 1.25 bits per heavy atom. The van der Waals surface area contributed by atoms with E-state index in [1.54, 1.807) is 20.8 Å². The summed E-state index contributed by atoms with van der Waals surface area (Å²) in [5, 5.41) is 3.15. The number of ether oxygens (including phenoxy) is 1. The molecule has 0 aromatic carbocycles. The molecule has 0 atom stereocenters. The first-order chi connectivity index (χ1) is 11.1. The van der Waals surface area contributed by atoms with E-state index in [1.807, 2.05) is 0 Å². The van der Waals surface area contributed by atoms with Crippen molar-refractivity contribution in [2.45, 2.75) is 51.4 Å². The molecule has 2 rings (SSSR count). The van der Waals surface area contributed by atoms with Crippen molar-refractivity contribution >= 4 is 11.9 Å². The van der Waals surface area contributed by atoms with Gasteiger partial charge in [-0.2, -0.15) is 13.2 Å². The van der Waals surface area contributed by atoms with Crippen molar-refractivity contribution in [3.63, 3.8) is 0 Å². The van der Waals surface area contributed by atoms with Gasteiger partial charge in [-0.25, -0.2) is 14.8 Å². The van der Waals surface area contributed by atoms with Gasteiger partial charge in [0.25, 0.3) is 0 Å². The summed E-state index contributed by atoms with van der Waals surface area (Å²) in [5.41, 5.74) is -1.85. The number of carbonyl (C=O) groups excluding carboxylic acids is 1. The topological polar surface area (TPSA) is 67.3 Å². The molecule has 1 fully saturated rings. The SMILES string of the molecule is CC(C)(C)OC(=O)N(c1cc(C(F)(F)F)ncn1)C1CCNCC1. The number of nitrogens with zero attached hydrogens (tertiary/aromatic N) is 3. The minimum Gasteiger partial charge on any atom is -0.443 e. The van der Waals surface area contributed by atoms with Crippen LogP contribution in [0.25, 0.3) is 0 Å². The third-order valence-corrected chi connectivity index (χ3v) is 3.45. The summed E-state index contributed by atoms with van der Waals surface area (Å²) in [6.45, 7) is 6.44. The Labute approximate surface area is 138 Å². The van der Waals surface area contributed by atoms with Crippen molar-refractivity contribution in [2.75, 3.05) is 18.0 Å². The van der Waals surface area contributed by atoms with Gasteiger partial charge in [-0.1, -0.05) is 0 Å². The number of hydrogen-bond donors (Lipinski definition) is 1. The maximum absolute atomic E-state index is 12.9. The van der Waals surface area contributed by atoms with Gasteiger partial charge >= 0.3 is 12.3 Å². The summed E-state index contributed by atoms with van der Waals surface area (Å²) < 4.78 is 44.1. The smallest absolute Gasteiger partial charge is 0.433 e. The van der Waals surface area contributed by atoms with E-state index in [2.05, 4.69) is 15.3 Å². The molecule has 1 amide bonds. The number of nitrogens with one attached hydrogen (secondary N) is 1. The minimum absolute atomic E-state index is 0.0986. The number of alkyl halides is 3. The first kappa shape index (κ1) is 18.4. The quantitative estimate of drug-likeness (QED) is 0.892. The Kier molecular flexibility index (Phi) is 5.32. The lowest BCUT2D eigenvalue weighted by atomic mass is 10.1. The van der Waals surface area contributed by atoms with E-state index in [4.69, 9.17) is 4.74 Å². The predicted octanol–water partition coefficient (Wildman–Crippen LogP) is 2.99. The number of carbonyl (C=O) groups is 1. The average molecular weight is 346 g/mol. The molecular weight excluding hydrogens is 325 g/mol. The van der Waals surface area contributed by atoms with Crippen molar-refractivity contribution in [3.8, 4) is 0 Å². The largest absolute Gasteiger partial charge is 0.443 e. The van der Waals surface area contributed by atoms with E-state index in [0.29, 0.717) is 25.9 Å². The van der Waals surface area contributed by atoms with Gasteiger partial charge in [0.2, 0.25) is 0 Å². The van der Waals surface area contributed by atoms with E-state index in [-0.39, 0.29) is 11.9 Å². The summed E-state index contributed by atoms with van der Waals surface area (Å²) >= 11 is 0. The van der Waals surface area contributed by atoms with Crippen molar-refractivity contribution in [1.29, 1.82) is 0 Å². The van der Waals surface area contributed by atoms with Crippen LogP contribution in [-0.4, -0.2) is 40.8 Å². The molecule has 24 heavy (non-hydrogen) atoms. The van der Waals surface area contributed by atoms with Crippen LogP contribution in [0.3, 0.4) is 0 Å². The molecule has 0 bridgehead atoms. The molecule has 1 aliphatic heterocycles. The van der Waals surface area contributed by atoms with Crippen LogP contribution >= 0.6 is 0 Å². The minimum atomic E-state index is -4.61. The first-order valence-corrected chi connectivity index (χ1v) is 7.70. The van der Waals surface area contributed by atoms with Gasteiger partial charge < -0.3 is 10.1 Å². The molecule has 2 heterocycles. The molecule has 0 radical (unpaired) electrons. The van der Waals surface area contributed by atoms with Gasteiger partial charge in [-0.05, 0) is 46.7 Å². The Morgan fingerprint density at radius 2 is 1.88 bits per heavy atom. The van der Waals surface area contributed by atoms with Gasteiger partial charge in [-0.3, -0.25) is 4.90 Å². The lowest BCUT2D eigenvalue weighted by Crippen LogP contribution is -2.48. The first-order valence-electron chi connectivity index (χ1n) is 7.70. The zero-order valence-corrected chi connectivity index (χ0v) is 13.9. The van der Waals surface area contributed by atoms with E-state index >= 15 is 0 Å². The van der Waals surface area contributed by atoms with Crippen LogP contribution in [0, 0.1) is 0 Å². The van der Waals surface area contributed by atoms with Crippen LogP contribution in [-0.2, 0) is 10.9 Å². The van der Waals surface area contributed by atoms with Gasteiger partial charge in [0.15, 0.2) is 0 Å². The summed E-state index contributed by atoms with van der Waals surface area (Å²) in [6, 6.07) is 0.503. The normalized spacial score (nSPS) is 16.8. The van der Waals surface area contributed by atoms with Crippen LogP contribution in [0.2, 0.25) is 0 Å². The summed E-state index contributed by atoms with van der Waals surface area (Å²) in [7, 11) is 0. The number of hydrogen-bond acceptors (Lipinski definition) is 5. The van der Waals surface area contributed by atoms with Crippen molar-refractivity contribution in [2.24, 2.45) is 0 Å². The van der Waals surface area contributed by atoms with E-state index < -0.39 is 23.6 Å². The Hall–Kier alpha value is -1.90. The van der Waals surface area contributed by atoms with E-state index in [1.165, 1.54) is 4.90 Å². The van der Waals surface area contributed by atoms with E-state index in [0.717, 1.165) is 12.4 Å². The number of anilines is 1. The maximum Gasteiger partial charge on any atom is 0.433 e. The predicted molar refractivity (Wildman–Crippen MR) is 81.6 cm³/mol. The number of rotatable bonds is 2. The molecule has 0 aliphatic carbocycles. The highest BCUT2D eigenvalue weighted by atomic mass is 19.4. The molecular formula is C15H21F3N4O2. The number of piperidine rings is 1. The molecule has 6 nitrogen and oxygen atoms in total. The highest BCUT2D eigenvalue weighted by molar-refractivity contribution is 5.87. The van der Waals surface area contributed by atoms with Crippen LogP contribution in [0.1, 0.15) is 39.3 Å². The average Bonchev–Trinajstić information content (AvgIpc) is 2.46. The highest BCUT2D eigenvalue weighted by Crippen LogP contribution is 2.30. The molecule has 0 spiro atoms. The number of aromatic nitrogens is 2. The lowest BCUT2D eigenvalue weighted by Gasteiger charge is -2.35. The van der Waals surface area contributed by atoms with Crippen LogP contribution in [0.5, 0.6) is 0 Å². The zero-order valence-electron chi connectivity index (χ0n) is 13.9. The van der Waals surface area contributed by atoms with Gasteiger partial charge in [0.05, 0.1) is 0 Å². The second-order valence-corrected chi connectivity index (χ2v) is 6.59. The second-order valence-electron chi connectivity index (χ2n) is 6.59. The monoisotopic (exact) mass is 346 g/mol. The fourth-order valence-corrected chi connectivity index (χ4v) is 2.44. The molecule has 1 aromatic heterocycles. The van der Waals surface area contributed by atoms with Crippen LogP contribution in [0.4, 0.5) is 23.8 Å². The third-order valence-electron chi connectivity index (χ3n) is 3.45. The molecule has 134 valence electrons. The van der Waals surface area contributed by atoms with Crippen molar-refractivity contribution in [1.82, 2.24) is 15.3 Å². The zero-order chi connectivity index (χ0) is 18.0. The number of halogens is 3. The molecule has 1 aromatic rings. The second kappa shape index (κ2) is 6.92. The van der Waals surface area contributed by atoms with Crippen molar-refractivity contribution in [3.05, 3.63) is 18.1 Å². The fraction of sp³-hybridized carbons (Fsp3) is 0.667. The Bertz CT molecular complexity index is 581. The third kappa shape index (κ3) is 4.80. The summed E-state index contributed by atoms with van der Waals surface area (Å²) in [4.78, 5) is 20.9. The number of amides is 1. The van der Waals surface area contributed by atoms with Gasteiger partial charge in [0, 0.05) is 12.1 Å². The van der Waals surface area contributed by atoms with Crippen molar-refractivity contribution < 1.29 is 22.7 Å². The van der Waals surface area contributed by atoms with Gasteiger partial charge in [0.1, 0.15) is 23.4 Å². The molecule has 9 heteroatoms. The van der Waals surface area contributed by atoms with Crippen LogP contribution < -0.4 is 10.2 Å². The lowest BCUT2D eigenvalue weighted by molar-refractivity contribution is -0.141. The highest BCUT2D eigenvalue weighted by Gasteiger charge is 2.36. The molecule has 1 N–H and O–H groups in total. The fourth-order valence-electron chi connectivity index (χ4n) is 2.44. The maximum atomic E-state index is 12.9. The Balaban J connectivity index is 2.36. The molecule has 0 unspecified atom stereocenters. The molecule has 0 saturated carbocycles. The summed E-state index contributed by atoms with van der Waals surface area (Å²) in [6.07, 6.45) is -3.29. The van der Waals surface area contributed by atoms with Crippen LogP contribution in [0.15, 0.2) is 12.4 Å². The molecule has 1 saturated heterocycles. The summed E-state index contributed by atoms with van der Waals surface area (Å²) in [5.74, 6) is -0.0986. The van der Waals surface area contributed by atoms with Gasteiger partial charge in [-0.15, -0.1) is 0 Å². The Morgan fingerprint density at radius 3 is 2.42 bits per heavy atom. The van der Waals surface area contributed by atoms with E-state index in [9.17, 15) is 18.0 Å².